The minimum atomic E-state index is 1.24. The first-order valence-electron chi connectivity index (χ1n) is 12.0. The molecule has 150 valence electrons. The monoisotopic (exact) mass is 358 g/mol. The molecule has 0 aliphatic heterocycles. The van der Waals surface area contributed by atoms with Crippen LogP contribution in [-0.2, 0) is 0 Å². The van der Waals surface area contributed by atoms with E-state index in [0.29, 0.717) is 0 Å². The van der Waals surface area contributed by atoms with E-state index in [1.807, 2.05) is 0 Å². The molecule has 0 N–H and O–H groups in total. The lowest BCUT2D eigenvalue weighted by Gasteiger charge is -2.04. The van der Waals surface area contributed by atoms with Crippen molar-refractivity contribution in [2.45, 2.75) is 128 Å². The van der Waals surface area contributed by atoms with Crippen LogP contribution in [0.1, 0.15) is 128 Å². The van der Waals surface area contributed by atoms with Crippen LogP contribution in [0.3, 0.4) is 0 Å². The van der Waals surface area contributed by atoms with E-state index in [0.717, 1.165) is 0 Å². The zero-order valence-electron chi connectivity index (χ0n) is 17.6. The van der Waals surface area contributed by atoms with Crippen molar-refractivity contribution in [1.29, 1.82) is 0 Å². The lowest BCUT2D eigenvalue weighted by Crippen LogP contribution is -1.84. The normalized spacial score (nSPS) is 24.6. The molecule has 0 aromatic heterocycles. The molecular formula is C26H46. The summed E-state index contributed by atoms with van der Waals surface area (Å²) in [6.07, 6.45) is 42.0. The fourth-order valence-corrected chi connectivity index (χ4v) is 3.83. The third-order valence-corrected chi connectivity index (χ3v) is 5.60. The molecule has 0 saturated carbocycles. The Kier molecular flexibility index (Phi) is 18.4. The second-order valence-electron chi connectivity index (χ2n) is 8.18. The Morgan fingerprint density at radius 3 is 0.731 bits per heavy atom. The van der Waals surface area contributed by atoms with Gasteiger partial charge in [-0.05, 0) is 25.7 Å². The Labute approximate surface area is 165 Å². The van der Waals surface area contributed by atoms with Crippen LogP contribution in [-0.4, -0.2) is 0 Å². The predicted molar refractivity (Wildman–Crippen MR) is 120 cm³/mol. The van der Waals surface area contributed by atoms with Gasteiger partial charge in [0.05, 0.1) is 0 Å². The molecule has 0 aromatic rings. The Hall–Kier alpha value is -0.780. The van der Waals surface area contributed by atoms with E-state index >= 15 is 0 Å². The minimum absolute atomic E-state index is 1.24. The summed E-state index contributed by atoms with van der Waals surface area (Å²) in [5, 5.41) is 0. The largest absolute Gasteiger partial charge is 0.0845 e. The number of hydrogen-bond acceptors (Lipinski definition) is 0. The Morgan fingerprint density at radius 1 is 0.231 bits per heavy atom. The smallest absolute Gasteiger partial charge is 0.0348 e. The van der Waals surface area contributed by atoms with Crippen molar-refractivity contribution >= 4 is 0 Å². The van der Waals surface area contributed by atoms with E-state index in [1.165, 1.54) is 128 Å². The molecule has 0 saturated heterocycles. The van der Waals surface area contributed by atoms with Crippen molar-refractivity contribution in [2.75, 3.05) is 0 Å². The number of hydrogen-bond donors (Lipinski definition) is 0. The van der Waals surface area contributed by atoms with Gasteiger partial charge in [-0.25, -0.2) is 0 Å². The molecule has 1 aliphatic rings. The number of allylic oxidation sites excluding steroid dienone is 6. The van der Waals surface area contributed by atoms with Crippen molar-refractivity contribution in [2.24, 2.45) is 0 Å². The first-order valence-corrected chi connectivity index (χ1v) is 12.0. The van der Waals surface area contributed by atoms with Gasteiger partial charge < -0.3 is 0 Å². The van der Waals surface area contributed by atoms with Crippen molar-refractivity contribution in [3.63, 3.8) is 0 Å². The van der Waals surface area contributed by atoms with Gasteiger partial charge in [0, 0.05) is 0 Å². The maximum absolute atomic E-state index is 2.33. The van der Waals surface area contributed by atoms with Gasteiger partial charge in [-0.2, -0.15) is 0 Å². The highest BCUT2D eigenvalue weighted by atomic mass is 14.0. The van der Waals surface area contributed by atoms with Gasteiger partial charge in [0.1, 0.15) is 0 Å². The summed E-state index contributed by atoms with van der Waals surface area (Å²) in [6, 6.07) is 0. The first kappa shape index (κ1) is 23.3. The molecule has 0 unspecified atom stereocenters. The van der Waals surface area contributed by atoms with Gasteiger partial charge in [-0.15, -0.1) is 0 Å². The van der Waals surface area contributed by atoms with Gasteiger partial charge in [0.15, 0.2) is 0 Å². The second kappa shape index (κ2) is 20.5. The summed E-state index contributed by atoms with van der Waals surface area (Å²) >= 11 is 0. The van der Waals surface area contributed by atoms with Crippen LogP contribution in [0.5, 0.6) is 0 Å². The van der Waals surface area contributed by atoms with E-state index in [9.17, 15) is 0 Å². The fourth-order valence-electron chi connectivity index (χ4n) is 3.83. The maximum Gasteiger partial charge on any atom is -0.0348 e. The fraction of sp³-hybridized carbons (Fsp3) is 0.769. The van der Waals surface area contributed by atoms with Crippen LogP contribution >= 0.6 is 0 Å². The Bertz CT molecular complexity index is 313. The van der Waals surface area contributed by atoms with E-state index in [4.69, 9.17) is 0 Å². The van der Waals surface area contributed by atoms with Crippen LogP contribution in [0.2, 0.25) is 0 Å². The van der Waals surface area contributed by atoms with Gasteiger partial charge >= 0.3 is 0 Å². The first-order chi connectivity index (χ1) is 13.0. The van der Waals surface area contributed by atoms with E-state index in [1.54, 1.807) is 0 Å². The van der Waals surface area contributed by atoms with Crippen LogP contribution < -0.4 is 0 Å². The molecule has 0 bridgehead atoms. The van der Waals surface area contributed by atoms with Crippen LogP contribution in [0, 0.1) is 0 Å². The molecular weight excluding hydrogens is 312 g/mol. The average Bonchev–Trinajstić information content (AvgIpc) is 2.65. The standard InChI is InChI=1S/C26H46/c1-2-4-6-8-10-12-14-16-18-20-22-24-26-25-23-21-19-17-15-13-11-9-7-5-3-1/h1-6H,7-26H2/b2-1-,5-3-,6-4?. The van der Waals surface area contributed by atoms with Crippen molar-refractivity contribution in [3.05, 3.63) is 36.5 Å². The summed E-state index contributed by atoms with van der Waals surface area (Å²) in [6.45, 7) is 0. The molecule has 1 aliphatic carbocycles. The van der Waals surface area contributed by atoms with E-state index in [-0.39, 0.29) is 0 Å². The predicted octanol–water partition coefficient (Wildman–Crippen LogP) is 9.47. The molecule has 0 radical (unpaired) electrons. The molecule has 0 atom stereocenters. The Balaban J connectivity index is 2.13. The third kappa shape index (κ3) is 18.0. The van der Waals surface area contributed by atoms with Gasteiger partial charge in [-0.1, -0.05) is 139 Å². The van der Waals surface area contributed by atoms with Crippen LogP contribution in [0.15, 0.2) is 36.5 Å². The highest BCUT2D eigenvalue weighted by molar-refractivity contribution is 5.10. The van der Waals surface area contributed by atoms with Gasteiger partial charge in [0.25, 0.3) is 0 Å². The highest BCUT2D eigenvalue weighted by Gasteiger charge is 1.95. The van der Waals surface area contributed by atoms with Crippen molar-refractivity contribution in [1.82, 2.24) is 0 Å². The topological polar surface area (TPSA) is 0 Å². The molecule has 0 spiro atoms. The quantitative estimate of drug-likeness (QED) is 0.404. The lowest BCUT2D eigenvalue weighted by molar-refractivity contribution is 0.524. The molecule has 0 fully saturated rings. The van der Waals surface area contributed by atoms with Crippen molar-refractivity contribution in [3.8, 4) is 0 Å². The zero-order chi connectivity index (χ0) is 18.4. The van der Waals surface area contributed by atoms with E-state index < -0.39 is 0 Å². The summed E-state index contributed by atoms with van der Waals surface area (Å²) < 4.78 is 0. The summed E-state index contributed by atoms with van der Waals surface area (Å²) in [7, 11) is 0. The average molecular weight is 359 g/mol. The summed E-state index contributed by atoms with van der Waals surface area (Å²) in [5.74, 6) is 0. The van der Waals surface area contributed by atoms with E-state index in [2.05, 4.69) is 36.5 Å². The SMILES string of the molecule is C1=CCCCCCCCCCCCCCCCCCCCC/C=C\C=C/1. The molecule has 0 aromatic carbocycles. The van der Waals surface area contributed by atoms with Crippen molar-refractivity contribution < 1.29 is 0 Å². The third-order valence-electron chi connectivity index (χ3n) is 5.60. The summed E-state index contributed by atoms with van der Waals surface area (Å²) in [5.41, 5.74) is 0. The minimum Gasteiger partial charge on any atom is -0.0845 e. The molecule has 0 nitrogen and oxygen atoms in total. The van der Waals surface area contributed by atoms with Crippen LogP contribution in [0.25, 0.3) is 0 Å². The molecule has 1 rings (SSSR count). The highest BCUT2D eigenvalue weighted by Crippen LogP contribution is 2.15. The van der Waals surface area contributed by atoms with Gasteiger partial charge in [-0.3, -0.25) is 0 Å². The molecule has 0 heterocycles. The molecule has 0 heteroatoms. The second-order valence-corrected chi connectivity index (χ2v) is 8.18. The van der Waals surface area contributed by atoms with Gasteiger partial charge in [0.2, 0.25) is 0 Å². The molecule has 26 heavy (non-hydrogen) atoms. The zero-order valence-corrected chi connectivity index (χ0v) is 17.6. The summed E-state index contributed by atoms with van der Waals surface area (Å²) in [4.78, 5) is 0. The Morgan fingerprint density at radius 2 is 0.462 bits per heavy atom. The van der Waals surface area contributed by atoms with Crippen LogP contribution in [0.4, 0.5) is 0 Å². The maximum atomic E-state index is 2.33. The lowest BCUT2D eigenvalue weighted by atomic mass is 10.0. The number of rotatable bonds is 0. The molecule has 0 amide bonds.